The molecular weight excluding hydrogens is 246 g/mol. The van der Waals surface area contributed by atoms with E-state index in [0.717, 1.165) is 38.6 Å². The number of carbonyl (C=O) groups excluding carboxylic acids is 1. The van der Waals surface area contributed by atoms with E-state index in [-0.39, 0.29) is 17.9 Å². The fraction of sp³-hybridized carbons (Fsp3) is 0.643. The van der Waals surface area contributed by atoms with Gasteiger partial charge in [-0.15, -0.1) is 11.3 Å². The number of aryl methyl sites for hydroxylation is 1. The van der Waals surface area contributed by atoms with E-state index in [1.54, 1.807) is 11.3 Å². The zero-order valence-corrected chi connectivity index (χ0v) is 11.5. The molecule has 0 unspecified atom stereocenters. The first-order valence-electron chi connectivity index (χ1n) is 6.64. The van der Waals surface area contributed by atoms with Crippen molar-refractivity contribution in [1.82, 2.24) is 5.32 Å². The van der Waals surface area contributed by atoms with Crippen molar-refractivity contribution in [3.8, 4) is 0 Å². The Kier molecular flexibility index (Phi) is 4.78. The highest BCUT2D eigenvalue weighted by atomic mass is 32.1. The van der Waals surface area contributed by atoms with Crippen molar-refractivity contribution in [3.63, 3.8) is 0 Å². The molecule has 1 heterocycles. The molecule has 1 amide bonds. The van der Waals surface area contributed by atoms with E-state index in [2.05, 4.69) is 16.8 Å². The quantitative estimate of drug-likeness (QED) is 0.759. The van der Waals surface area contributed by atoms with Crippen LogP contribution in [0.1, 0.15) is 37.0 Å². The van der Waals surface area contributed by atoms with Gasteiger partial charge in [0.05, 0.1) is 0 Å². The fourth-order valence-corrected chi connectivity index (χ4v) is 2.93. The number of amides is 1. The second kappa shape index (κ2) is 6.34. The van der Waals surface area contributed by atoms with Crippen molar-refractivity contribution < 1.29 is 9.90 Å². The lowest BCUT2D eigenvalue weighted by atomic mass is 10.0. The molecule has 0 saturated heterocycles. The average molecular weight is 267 g/mol. The van der Waals surface area contributed by atoms with Crippen molar-refractivity contribution in [2.45, 2.75) is 38.5 Å². The molecule has 0 bridgehead atoms. The van der Waals surface area contributed by atoms with Crippen LogP contribution in [-0.2, 0) is 11.2 Å². The van der Waals surface area contributed by atoms with E-state index in [1.807, 2.05) is 6.07 Å². The molecule has 0 atom stereocenters. The highest BCUT2D eigenvalue weighted by Gasteiger charge is 2.41. The molecule has 1 fully saturated rings. The Hall–Kier alpha value is -0.870. The maximum Gasteiger partial charge on any atom is 0.220 e. The molecule has 0 aliphatic heterocycles. The Labute approximate surface area is 112 Å². The van der Waals surface area contributed by atoms with Crippen LogP contribution in [0.25, 0.3) is 0 Å². The minimum absolute atomic E-state index is 0.149. The molecule has 2 rings (SSSR count). The van der Waals surface area contributed by atoms with Gasteiger partial charge in [0, 0.05) is 24.4 Å². The largest absolute Gasteiger partial charge is 0.396 e. The summed E-state index contributed by atoms with van der Waals surface area (Å²) in [6, 6.07) is 4.16. The third-order valence-electron chi connectivity index (χ3n) is 3.67. The van der Waals surface area contributed by atoms with E-state index < -0.39 is 0 Å². The minimum Gasteiger partial charge on any atom is -0.396 e. The lowest BCUT2D eigenvalue weighted by Crippen LogP contribution is -2.30. The van der Waals surface area contributed by atoms with E-state index in [4.69, 9.17) is 5.11 Å². The summed E-state index contributed by atoms with van der Waals surface area (Å²) in [6.07, 6.45) is 5.62. The van der Waals surface area contributed by atoms with Gasteiger partial charge in [-0.1, -0.05) is 6.07 Å². The molecule has 100 valence electrons. The van der Waals surface area contributed by atoms with Crippen LogP contribution in [0.2, 0.25) is 0 Å². The molecule has 1 saturated carbocycles. The second-order valence-electron chi connectivity index (χ2n) is 5.18. The molecule has 1 aliphatic carbocycles. The molecule has 18 heavy (non-hydrogen) atoms. The van der Waals surface area contributed by atoms with Crippen LogP contribution in [-0.4, -0.2) is 24.2 Å². The first kappa shape index (κ1) is 13.6. The topological polar surface area (TPSA) is 49.3 Å². The summed E-state index contributed by atoms with van der Waals surface area (Å²) in [6.45, 7) is 0.972. The van der Waals surface area contributed by atoms with Crippen LogP contribution in [0, 0.1) is 5.41 Å². The molecule has 0 spiro atoms. The van der Waals surface area contributed by atoms with E-state index in [0.29, 0.717) is 6.42 Å². The molecule has 0 aromatic carbocycles. The lowest BCUT2D eigenvalue weighted by molar-refractivity contribution is -0.121. The van der Waals surface area contributed by atoms with Crippen LogP contribution < -0.4 is 5.32 Å². The van der Waals surface area contributed by atoms with E-state index in [1.165, 1.54) is 4.88 Å². The van der Waals surface area contributed by atoms with Gasteiger partial charge in [0.2, 0.25) is 5.91 Å². The van der Waals surface area contributed by atoms with E-state index in [9.17, 15) is 4.79 Å². The van der Waals surface area contributed by atoms with Crippen LogP contribution in [0.4, 0.5) is 0 Å². The molecule has 4 heteroatoms. The van der Waals surface area contributed by atoms with Gasteiger partial charge in [-0.3, -0.25) is 4.79 Å². The maximum atomic E-state index is 11.7. The zero-order valence-electron chi connectivity index (χ0n) is 10.7. The Bertz CT molecular complexity index is 371. The van der Waals surface area contributed by atoms with Gasteiger partial charge < -0.3 is 10.4 Å². The highest BCUT2D eigenvalue weighted by Crippen LogP contribution is 2.47. The molecule has 3 nitrogen and oxygen atoms in total. The Morgan fingerprint density at radius 3 is 2.94 bits per heavy atom. The molecule has 1 aliphatic rings. The van der Waals surface area contributed by atoms with Crippen molar-refractivity contribution in [2.24, 2.45) is 5.41 Å². The predicted molar refractivity (Wildman–Crippen MR) is 73.6 cm³/mol. The highest BCUT2D eigenvalue weighted by molar-refractivity contribution is 7.09. The number of rotatable bonds is 8. The van der Waals surface area contributed by atoms with Gasteiger partial charge in [-0.05, 0) is 49.0 Å². The number of aliphatic hydroxyl groups excluding tert-OH is 1. The third kappa shape index (κ3) is 4.10. The smallest absolute Gasteiger partial charge is 0.220 e. The monoisotopic (exact) mass is 267 g/mol. The SMILES string of the molecule is O=C(CCCc1cccs1)NCC1(CCO)CC1. The van der Waals surface area contributed by atoms with Gasteiger partial charge in [0.1, 0.15) is 0 Å². The summed E-state index contributed by atoms with van der Waals surface area (Å²) >= 11 is 1.75. The number of nitrogens with one attached hydrogen (secondary N) is 1. The summed E-state index contributed by atoms with van der Waals surface area (Å²) in [5, 5.41) is 14.0. The van der Waals surface area contributed by atoms with Crippen LogP contribution >= 0.6 is 11.3 Å². The lowest BCUT2D eigenvalue weighted by Gasteiger charge is -2.14. The number of thiophene rings is 1. The first-order chi connectivity index (χ1) is 8.74. The Balaban J connectivity index is 1.58. The summed E-state index contributed by atoms with van der Waals surface area (Å²) in [5.74, 6) is 0.149. The molecule has 2 N–H and O–H groups in total. The van der Waals surface area contributed by atoms with Crippen molar-refractivity contribution in [3.05, 3.63) is 22.4 Å². The summed E-state index contributed by atoms with van der Waals surface area (Å²) in [5.41, 5.74) is 0.220. The first-order valence-corrected chi connectivity index (χ1v) is 7.52. The van der Waals surface area contributed by atoms with Crippen molar-refractivity contribution >= 4 is 17.2 Å². The van der Waals surface area contributed by atoms with Gasteiger partial charge in [0.15, 0.2) is 0 Å². The van der Waals surface area contributed by atoms with Crippen molar-refractivity contribution in [2.75, 3.05) is 13.2 Å². The summed E-state index contributed by atoms with van der Waals surface area (Å²) < 4.78 is 0. The van der Waals surface area contributed by atoms with E-state index >= 15 is 0 Å². The van der Waals surface area contributed by atoms with Crippen LogP contribution in [0.3, 0.4) is 0 Å². The zero-order chi connectivity index (χ0) is 12.8. The fourth-order valence-electron chi connectivity index (χ4n) is 2.18. The molecule has 0 radical (unpaired) electrons. The minimum atomic E-state index is 0.149. The van der Waals surface area contributed by atoms with Gasteiger partial charge in [-0.25, -0.2) is 0 Å². The number of hydrogen-bond acceptors (Lipinski definition) is 3. The summed E-state index contributed by atoms with van der Waals surface area (Å²) in [7, 11) is 0. The Morgan fingerprint density at radius 1 is 1.50 bits per heavy atom. The summed E-state index contributed by atoms with van der Waals surface area (Å²) in [4.78, 5) is 13.0. The maximum absolute atomic E-state index is 11.7. The van der Waals surface area contributed by atoms with Gasteiger partial charge in [-0.2, -0.15) is 0 Å². The standard InChI is InChI=1S/C14H21NO2S/c16-9-8-14(6-7-14)11-15-13(17)5-1-3-12-4-2-10-18-12/h2,4,10,16H,1,3,5-9,11H2,(H,15,17). The third-order valence-corrected chi connectivity index (χ3v) is 4.60. The molecule has 1 aromatic heterocycles. The number of aliphatic hydroxyl groups is 1. The van der Waals surface area contributed by atoms with Crippen molar-refractivity contribution in [1.29, 1.82) is 0 Å². The van der Waals surface area contributed by atoms with Crippen LogP contribution in [0.5, 0.6) is 0 Å². The predicted octanol–water partition coefficient (Wildman–Crippen LogP) is 2.35. The Morgan fingerprint density at radius 2 is 2.33 bits per heavy atom. The van der Waals surface area contributed by atoms with Gasteiger partial charge in [0.25, 0.3) is 0 Å². The number of hydrogen-bond donors (Lipinski definition) is 2. The molecule has 1 aromatic rings. The van der Waals surface area contributed by atoms with Gasteiger partial charge >= 0.3 is 0 Å². The second-order valence-corrected chi connectivity index (χ2v) is 6.22. The normalized spacial score (nSPS) is 16.5. The average Bonchev–Trinajstić information content (AvgIpc) is 2.92. The number of carbonyl (C=O) groups is 1. The molecular formula is C14H21NO2S. The van der Waals surface area contributed by atoms with Crippen LogP contribution in [0.15, 0.2) is 17.5 Å².